The quantitative estimate of drug-likeness (QED) is 0.443. The van der Waals surface area contributed by atoms with Crippen molar-refractivity contribution in [2.24, 2.45) is 0 Å². The molecule has 0 aliphatic carbocycles. The van der Waals surface area contributed by atoms with Gasteiger partial charge in [-0.15, -0.1) is 0 Å². The standard InChI is InChI=1S/C21H15Cl2N5O3S/c1-11-18(29)26-21-28(27-11)16(19(30)24-10-12-5-3-2-4-6-12)17(32-21)20(31)25-15-8-13(22)7-14(23)9-15/h2-9H,10H2,1H3,(H,24,30)(H,25,31). The van der Waals surface area contributed by atoms with Gasteiger partial charge in [0, 0.05) is 22.3 Å². The van der Waals surface area contributed by atoms with Crippen molar-refractivity contribution >= 4 is 57.0 Å². The van der Waals surface area contributed by atoms with Crippen molar-refractivity contribution in [3.63, 3.8) is 0 Å². The van der Waals surface area contributed by atoms with Crippen molar-refractivity contribution < 1.29 is 9.59 Å². The summed E-state index contributed by atoms with van der Waals surface area (Å²) in [6.07, 6.45) is 0. The van der Waals surface area contributed by atoms with E-state index in [0.29, 0.717) is 15.7 Å². The molecule has 0 spiro atoms. The second-order valence-corrected chi connectivity index (χ2v) is 8.61. The predicted molar refractivity (Wildman–Crippen MR) is 124 cm³/mol. The van der Waals surface area contributed by atoms with E-state index in [1.165, 1.54) is 29.6 Å². The van der Waals surface area contributed by atoms with Gasteiger partial charge >= 0.3 is 0 Å². The molecule has 32 heavy (non-hydrogen) atoms. The van der Waals surface area contributed by atoms with Crippen molar-refractivity contribution in [3.05, 3.63) is 90.8 Å². The van der Waals surface area contributed by atoms with Gasteiger partial charge in [-0.25, -0.2) is 0 Å². The molecular weight excluding hydrogens is 473 g/mol. The van der Waals surface area contributed by atoms with Crippen LogP contribution in [0.5, 0.6) is 0 Å². The summed E-state index contributed by atoms with van der Waals surface area (Å²) in [5.41, 5.74) is 0.783. The summed E-state index contributed by atoms with van der Waals surface area (Å²) >= 11 is 12.9. The number of aromatic nitrogens is 3. The van der Waals surface area contributed by atoms with Crippen LogP contribution in [0.1, 0.15) is 31.4 Å². The number of amides is 2. The molecule has 2 heterocycles. The highest BCUT2D eigenvalue weighted by Crippen LogP contribution is 2.26. The number of fused-ring (bicyclic) bond motifs is 1. The lowest BCUT2D eigenvalue weighted by Crippen LogP contribution is -2.28. The Labute approximate surface area is 195 Å². The van der Waals surface area contributed by atoms with Crippen LogP contribution >= 0.6 is 34.5 Å². The van der Waals surface area contributed by atoms with Gasteiger partial charge in [0.1, 0.15) is 10.6 Å². The van der Waals surface area contributed by atoms with Crippen molar-refractivity contribution in [1.29, 1.82) is 0 Å². The van der Waals surface area contributed by atoms with Crippen molar-refractivity contribution in [3.8, 4) is 0 Å². The monoisotopic (exact) mass is 487 g/mol. The van der Waals surface area contributed by atoms with Crippen LogP contribution in [0.25, 0.3) is 4.96 Å². The number of thiazole rings is 1. The Bertz CT molecular complexity index is 1380. The van der Waals surface area contributed by atoms with E-state index in [-0.39, 0.29) is 27.8 Å². The first-order chi connectivity index (χ1) is 15.3. The van der Waals surface area contributed by atoms with Gasteiger partial charge in [-0.2, -0.15) is 14.6 Å². The van der Waals surface area contributed by atoms with Crippen LogP contribution in [-0.2, 0) is 6.54 Å². The fourth-order valence-corrected chi connectivity index (χ4v) is 4.40. The molecule has 2 amide bonds. The third-order valence-corrected chi connectivity index (χ3v) is 5.86. The molecule has 0 bridgehead atoms. The molecule has 0 aliphatic heterocycles. The summed E-state index contributed by atoms with van der Waals surface area (Å²) in [6, 6.07) is 13.9. The first kappa shape index (κ1) is 21.9. The van der Waals surface area contributed by atoms with Crippen LogP contribution in [-0.4, -0.2) is 26.4 Å². The minimum absolute atomic E-state index is 0.0258. The summed E-state index contributed by atoms with van der Waals surface area (Å²) in [4.78, 5) is 42.2. The molecule has 4 rings (SSSR count). The molecule has 0 saturated heterocycles. The summed E-state index contributed by atoms with van der Waals surface area (Å²) in [5, 5.41) is 10.3. The van der Waals surface area contributed by atoms with E-state index < -0.39 is 17.4 Å². The first-order valence-electron chi connectivity index (χ1n) is 9.32. The Balaban J connectivity index is 1.72. The largest absolute Gasteiger partial charge is 0.347 e. The topological polar surface area (TPSA) is 105 Å². The average molecular weight is 488 g/mol. The zero-order chi connectivity index (χ0) is 22.8. The summed E-state index contributed by atoms with van der Waals surface area (Å²) in [6.45, 7) is 1.73. The van der Waals surface area contributed by atoms with Gasteiger partial charge in [-0.05, 0) is 30.7 Å². The molecule has 0 unspecified atom stereocenters. The van der Waals surface area contributed by atoms with Crippen LogP contribution in [0.2, 0.25) is 10.0 Å². The van der Waals surface area contributed by atoms with Gasteiger partial charge in [-0.1, -0.05) is 64.9 Å². The van der Waals surface area contributed by atoms with E-state index in [0.717, 1.165) is 16.9 Å². The maximum absolute atomic E-state index is 13.1. The maximum Gasteiger partial charge on any atom is 0.295 e. The number of nitrogens with zero attached hydrogens (tertiary/aromatic N) is 3. The molecule has 0 saturated carbocycles. The SMILES string of the molecule is Cc1nn2c(C(=O)NCc3ccccc3)c(C(=O)Nc3cc(Cl)cc(Cl)c3)sc2nc1=O. The molecule has 4 aromatic rings. The Hall–Kier alpha value is -3.27. The molecule has 0 aliphatic rings. The minimum atomic E-state index is -0.587. The van der Waals surface area contributed by atoms with E-state index in [4.69, 9.17) is 23.2 Å². The van der Waals surface area contributed by atoms with Crippen LogP contribution in [0, 0.1) is 6.92 Å². The summed E-state index contributed by atoms with van der Waals surface area (Å²) in [5.74, 6) is -1.12. The highest BCUT2D eigenvalue weighted by atomic mass is 35.5. The Morgan fingerprint density at radius 2 is 1.75 bits per heavy atom. The number of nitrogens with one attached hydrogen (secondary N) is 2. The average Bonchev–Trinajstić information content (AvgIpc) is 3.10. The lowest BCUT2D eigenvalue weighted by molar-refractivity contribution is 0.0932. The maximum atomic E-state index is 13.1. The number of halogens is 2. The van der Waals surface area contributed by atoms with Gasteiger partial charge in [-0.3, -0.25) is 14.4 Å². The van der Waals surface area contributed by atoms with E-state index in [9.17, 15) is 14.4 Å². The lowest BCUT2D eigenvalue weighted by atomic mass is 10.2. The van der Waals surface area contributed by atoms with E-state index in [2.05, 4.69) is 20.7 Å². The van der Waals surface area contributed by atoms with Crippen molar-refractivity contribution in [2.75, 3.05) is 5.32 Å². The molecule has 162 valence electrons. The van der Waals surface area contributed by atoms with Gasteiger partial charge < -0.3 is 10.6 Å². The first-order valence-corrected chi connectivity index (χ1v) is 10.9. The lowest BCUT2D eigenvalue weighted by Gasteiger charge is -2.08. The Morgan fingerprint density at radius 3 is 2.44 bits per heavy atom. The van der Waals surface area contributed by atoms with Crippen LogP contribution < -0.4 is 16.2 Å². The predicted octanol–water partition coefficient (Wildman–Crippen LogP) is 3.95. The van der Waals surface area contributed by atoms with Crippen LogP contribution in [0.15, 0.2) is 53.3 Å². The second-order valence-electron chi connectivity index (χ2n) is 6.76. The molecule has 8 nitrogen and oxygen atoms in total. The highest BCUT2D eigenvalue weighted by Gasteiger charge is 2.26. The number of hydrogen-bond acceptors (Lipinski definition) is 6. The number of hydrogen-bond donors (Lipinski definition) is 2. The summed E-state index contributed by atoms with van der Waals surface area (Å²) in [7, 11) is 0. The van der Waals surface area contributed by atoms with Crippen molar-refractivity contribution in [2.45, 2.75) is 13.5 Å². The zero-order valence-corrected chi connectivity index (χ0v) is 18.9. The third kappa shape index (κ3) is 4.64. The van der Waals surface area contributed by atoms with Gasteiger partial charge in [0.05, 0.1) is 0 Å². The normalized spacial score (nSPS) is 10.8. The van der Waals surface area contributed by atoms with E-state index >= 15 is 0 Å². The molecule has 2 N–H and O–H groups in total. The Morgan fingerprint density at radius 1 is 1.06 bits per heavy atom. The van der Waals surface area contributed by atoms with E-state index in [1.807, 2.05) is 30.3 Å². The molecule has 2 aromatic heterocycles. The number of carbonyl (C=O) groups is 2. The smallest absolute Gasteiger partial charge is 0.295 e. The Kier molecular flexibility index (Phi) is 6.22. The molecular formula is C21H15Cl2N5O3S. The molecule has 0 atom stereocenters. The second kappa shape index (κ2) is 9.07. The van der Waals surface area contributed by atoms with Crippen molar-refractivity contribution in [1.82, 2.24) is 19.9 Å². The third-order valence-electron chi connectivity index (χ3n) is 4.40. The molecule has 2 aromatic carbocycles. The number of anilines is 1. The number of aryl methyl sites for hydroxylation is 1. The van der Waals surface area contributed by atoms with Gasteiger partial charge in [0.15, 0.2) is 5.69 Å². The number of carbonyl (C=O) groups excluding carboxylic acids is 2. The van der Waals surface area contributed by atoms with Gasteiger partial charge in [0.25, 0.3) is 17.4 Å². The fourth-order valence-electron chi connectivity index (χ4n) is 2.93. The zero-order valence-electron chi connectivity index (χ0n) is 16.6. The minimum Gasteiger partial charge on any atom is -0.347 e. The fraction of sp³-hybridized carbons (Fsp3) is 0.0952. The molecule has 11 heteroatoms. The highest BCUT2D eigenvalue weighted by molar-refractivity contribution is 7.19. The van der Waals surface area contributed by atoms with E-state index in [1.54, 1.807) is 0 Å². The molecule has 0 fully saturated rings. The number of benzene rings is 2. The molecule has 0 radical (unpaired) electrons. The van der Waals surface area contributed by atoms with Crippen LogP contribution in [0.3, 0.4) is 0 Å². The number of rotatable bonds is 5. The van der Waals surface area contributed by atoms with Crippen LogP contribution in [0.4, 0.5) is 5.69 Å². The van der Waals surface area contributed by atoms with Gasteiger partial charge in [0.2, 0.25) is 4.96 Å². The summed E-state index contributed by atoms with van der Waals surface area (Å²) < 4.78 is 1.21.